The molecule has 0 aliphatic carbocycles. The summed E-state index contributed by atoms with van der Waals surface area (Å²) in [6, 6.07) is 21.1. The molecular formula is C25H20ClNO2S2. The molecule has 0 radical (unpaired) electrons. The van der Waals surface area contributed by atoms with E-state index in [1.54, 1.807) is 4.90 Å². The number of thioether (sulfide) groups is 1. The molecule has 0 atom stereocenters. The van der Waals surface area contributed by atoms with Crippen LogP contribution in [0.5, 0.6) is 5.75 Å². The Hall–Kier alpha value is -2.60. The number of thiocarbonyl (C=S) groups is 1. The second-order valence-electron chi connectivity index (χ2n) is 7.22. The Labute approximate surface area is 196 Å². The van der Waals surface area contributed by atoms with Crippen molar-refractivity contribution >= 4 is 57.6 Å². The summed E-state index contributed by atoms with van der Waals surface area (Å²) in [7, 11) is 0. The zero-order valence-electron chi connectivity index (χ0n) is 17.1. The van der Waals surface area contributed by atoms with E-state index in [-0.39, 0.29) is 5.91 Å². The van der Waals surface area contributed by atoms with Gasteiger partial charge < -0.3 is 4.74 Å². The first-order valence-electron chi connectivity index (χ1n) is 9.74. The summed E-state index contributed by atoms with van der Waals surface area (Å²) in [5, 5.41) is 0.705. The summed E-state index contributed by atoms with van der Waals surface area (Å²) in [5.74, 6) is 0.668. The lowest BCUT2D eigenvalue weighted by atomic mass is 10.1. The number of amides is 1. The van der Waals surface area contributed by atoms with Crippen molar-refractivity contribution in [2.24, 2.45) is 0 Å². The van der Waals surface area contributed by atoms with Crippen LogP contribution >= 0.6 is 35.6 Å². The van der Waals surface area contributed by atoms with Crippen LogP contribution in [0.4, 0.5) is 5.69 Å². The summed E-state index contributed by atoms with van der Waals surface area (Å²) in [4.78, 5) is 15.3. The largest absolute Gasteiger partial charge is 0.489 e. The highest BCUT2D eigenvalue weighted by atomic mass is 35.5. The second-order valence-corrected chi connectivity index (χ2v) is 9.33. The van der Waals surface area contributed by atoms with E-state index in [1.165, 1.54) is 11.8 Å². The molecule has 1 aliphatic rings. The molecule has 0 aromatic heterocycles. The minimum Gasteiger partial charge on any atom is -0.489 e. The monoisotopic (exact) mass is 465 g/mol. The SMILES string of the molecule is Cc1cccc(N2C(=O)C(=Cc3ccc(OCc4ccc(Cl)cc4)cc3)SC2=S)c1C. The molecule has 1 amide bonds. The predicted molar refractivity (Wildman–Crippen MR) is 134 cm³/mol. The third-order valence-electron chi connectivity index (χ3n) is 5.11. The van der Waals surface area contributed by atoms with E-state index in [9.17, 15) is 4.79 Å². The van der Waals surface area contributed by atoms with Crippen LogP contribution < -0.4 is 9.64 Å². The van der Waals surface area contributed by atoms with Gasteiger partial charge in [-0.3, -0.25) is 9.69 Å². The van der Waals surface area contributed by atoms with Crippen LogP contribution in [-0.2, 0) is 11.4 Å². The van der Waals surface area contributed by atoms with Gasteiger partial charge in [-0.1, -0.05) is 72.0 Å². The van der Waals surface area contributed by atoms with Crippen molar-refractivity contribution in [1.29, 1.82) is 0 Å². The van der Waals surface area contributed by atoms with Crippen LogP contribution in [0.25, 0.3) is 6.08 Å². The average Bonchev–Trinajstić information content (AvgIpc) is 3.04. The number of nitrogens with zero attached hydrogens (tertiary/aromatic N) is 1. The van der Waals surface area contributed by atoms with Gasteiger partial charge in [-0.25, -0.2) is 0 Å². The van der Waals surface area contributed by atoms with E-state index < -0.39 is 0 Å². The van der Waals surface area contributed by atoms with Gasteiger partial charge in [0.1, 0.15) is 12.4 Å². The maximum atomic E-state index is 13.0. The highest BCUT2D eigenvalue weighted by molar-refractivity contribution is 8.27. The quantitative estimate of drug-likeness (QED) is 0.301. The summed E-state index contributed by atoms with van der Waals surface area (Å²) in [6.45, 7) is 4.50. The Morgan fingerprint density at radius 3 is 2.45 bits per heavy atom. The standard InChI is InChI=1S/C25H20ClNO2S2/c1-16-4-3-5-22(17(16)2)27-24(28)23(31-25(27)30)14-18-8-12-21(13-9-18)29-15-19-6-10-20(26)11-7-19/h3-14H,15H2,1-2H3. The second kappa shape index (κ2) is 9.27. The van der Waals surface area contributed by atoms with Gasteiger partial charge in [0.2, 0.25) is 0 Å². The summed E-state index contributed by atoms with van der Waals surface area (Å²) < 4.78 is 6.38. The molecule has 3 aromatic rings. The van der Waals surface area contributed by atoms with Gasteiger partial charge in [-0.05, 0) is 72.5 Å². The van der Waals surface area contributed by atoms with Crippen LogP contribution in [0.2, 0.25) is 5.02 Å². The zero-order chi connectivity index (χ0) is 22.0. The van der Waals surface area contributed by atoms with Crippen molar-refractivity contribution in [3.05, 3.63) is 98.9 Å². The third-order valence-corrected chi connectivity index (χ3v) is 6.66. The third kappa shape index (κ3) is 4.85. The van der Waals surface area contributed by atoms with Crippen molar-refractivity contribution in [3.8, 4) is 5.75 Å². The predicted octanol–water partition coefficient (Wildman–Crippen LogP) is 6.94. The first-order valence-corrected chi connectivity index (χ1v) is 11.3. The number of carbonyl (C=O) groups excluding carboxylic acids is 1. The number of halogens is 1. The molecule has 1 aliphatic heterocycles. The molecule has 0 saturated carbocycles. The van der Waals surface area contributed by atoms with Gasteiger partial charge in [0.25, 0.3) is 5.91 Å². The summed E-state index contributed by atoms with van der Waals surface area (Å²) in [6.07, 6.45) is 1.87. The fourth-order valence-electron chi connectivity index (χ4n) is 3.21. The fourth-order valence-corrected chi connectivity index (χ4v) is 4.62. The van der Waals surface area contributed by atoms with E-state index >= 15 is 0 Å². The van der Waals surface area contributed by atoms with Crippen molar-refractivity contribution in [3.63, 3.8) is 0 Å². The number of rotatable bonds is 5. The van der Waals surface area contributed by atoms with Crippen LogP contribution in [0, 0.1) is 13.8 Å². The van der Waals surface area contributed by atoms with Gasteiger partial charge in [-0.15, -0.1) is 0 Å². The van der Waals surface area contributed by atoms with E-state index in [0.29, 0.717) is 20.9 Å². The lowest BCUT2D eigenvalue weighted by molar-refractivity contribution is -0.113. The Bertz CT molecular complexity index is 1170. The number of carbonyl (C=O) groups is 1. The van der Waals surface area contributed by atoms with Crippen LogP contribution in [-0.4, -0.2) is 10.2 Å². The first kappa shape index (κ1) is 21.6. The number of benzene rings is 3. The molecule has 1 saturated heterocycles. The van der Waals surface area contributed by atoms with Gasteiger partial charge in [0, 0.05) is 5.02 Å². The van der Waals surface area contributed by atoms with Crippen molar-refractivity contribution in [2.45, 2.75) is 20.5 Å². The van der Waals surface area contributed by atoms with Gasteiger partial charge in [0.15, 0.2) is 4.32 Å². The molecule has 4 rings (SSSR count). The van der Waals surface area contributed by atoms with E-state index in [4.69, 9.17) is 28.6 Å². The minimum atomic E-state index is -0.0910. The Morgan fingerprint density at radius 1 is 1.03 bits per heavy atom. The molecule has 0 spiro atoms. The molecule has 0 bridgehead atoms. The molecule has 3 nitrogen and oxygen atoms in total. The molecule has 156 valence electrons. The van der Waals surface area contributed by atoms with Crippen molar-refractivity contribution < 1.29 is 9.53 Å². The number of ether oxygens (including phenoxy) is 1. The maximum Gasteiger partial charge on any atom is 0.270 e. The number of hydrogen-bond acceptors (Lipinski definition) is 4. The fraction of sp³-hybridized carbons (Fsp3) is 0.120. The average molecular weight is 466 g/mol. The Kier molecular flexibility index (Phi) is 6.46. The number of aryl methyl sites for hydroxylation is 1. The van der Waals surface area contributed by atoms with Crippen molar-refractivity contribution in [1.82, 2.24) is 0 Å². The molecule has 6 heteroatoms. The van der Waals surface area contributed by atoms with Crippen LogP contribution in [0.3, 0.4) is 0 Å². The van der Waals surface area contributed by atoms with E-state index in [1.807, 2.05) is 86.7 Å². The molecule has 1 heterocycles. The molecule has 0 N–H and O–H groups in total. The Morgan fingerprint density at radius 2 is 1.74 bits per heavy atom. The zero-order valence-corrected chi connectivity index (χ0v) is 19.5. The van der Waals surface area contributed by atoms with E-state index in [2.05, 4.69) is 0 Å². The highest BCUT2D eigenvalue weighted by Gasteiger charge is 2.34. The van der Waals surface area contributed by atoms with Crippen LogP contribution in [0.15, 0.2) is 71.6 Å². The first-order chi connectivity index (χ1) is 14.9. The highest BCUT2D eigenvalue weighted by Crippen LogP contribution is 2.38. The van der Waals surface area contributed by atoms with Gasteiger partial charge >= 0.3 is 0 Å². The van der Waals surface area contributed by atoms with Crippen molar-refractivity contribution in [2.75, 3.05) is 4.90 Å². The smallest absolute Gasteiger partial charge is 0.270 e. The van der Waals surface area contributed by atoms with Gasteiger partial charge in [0.05, 0.1) is 10.6 Å². The maximum absolute atomic E-state index is 13.0. The summed E-state index contributed by atoms with van der Waals surface area (Å²) in [5.41, 5.74) is 4.99. The molecule has 0 unspecified atom stereocenters. The lowest BCUT2D eigenvalue weighted by Crippen LogP contribution is -2.28. The van der Waals surface area contributed by atoms with Crippen LogP contribution in [0.1, 0.15) is 22.3 Å². The molecule has 1 fully saturated rings. The van der Waals surface area contributed by atoms with E-state index in [0.717, 1.165) is 33.7 Å². The summed E-state index contributed by atoms with van der Waals surface area (Å²) >= 11 is 12.7. The number of hydrogen-bond donors (Lipinski definition) is 0. The molecule has 3 aromatic carbocycles. The lowest BCUT2D eigenvalue weighted by Gasteiger charge is -2.18. The minimum absolute atomic E-state index is 0.0910. The normalized spacial score (nSPS) is 15.1. The molecular weight excluding hydrogens is 446 g/mol. The Balaban J connectivity index is 1.47. The van der Waals surface area contributed by atoms with Gasteiger partial charge in [-0.2, -0.15) is 0 Å². The topological polar surface area (TPSA) is 29.5 Å². The number of anilines is 1. The molecule has 31 heavy (non-hydrogen) atoms.